The number of rotatable bonds is 15. The van der Waals surface area contributed by atoms with Crippen LogP contribution in [0, 0.1) is 5.92 Å². The summed E-state index contributed by atoms with van der Waals surface area (Å²) in [6.45, 7) is 3.66. The number of carbonyl (C=O) groups is 1. The number of carbonyl (C=O) groups excluding carboxylic acids is 1. The van der Waals surface area contributed by atoms with Gasteiger partial charge in [0.2, 0.25) is 5.91 Å². The van der Waals surface area contributed by atoms with Crippen LogP contribution in [0.15, 0.2) is 24.3 Å². The number of amides is 1. The normalized spacial score (nSPS) is 25.7. The highest BCUT2D eigenvalue weighted by Crippen LogP contribution is 2.39. The summed E-state index contributed by atoms with van der Waals surface area (Å²) in [6, 6.07) is 0. The van der Waals surface area contributed by atoms with Crippen molar-refractivity contribution in [2.45, 2.75) is 89.3 Å². The Hall–Kier alpha value is -1.17. The maximum atomic E-state index is 10.9. The number of nitrogens with two attached hydrogens (primary N) is 1. The predicted molar refractivity (Wildman–Crippen MR) is 109 cm³/mol. The molecular formula is C22H39NO4. The first-order valence-corrected chi connectivity index (χ1v) is 10.6. The highest BCUT2D eigenvalue weighted by Gasteiger charge is 2.44. The van der Waals surface area contributed by atoms with Crippen LogP contribution in [0.4, 0.5) is 0 Å². The summed E-state index contributed by atoms with van der Waals surface area (Å²) in [4.78, 5) is 10.7. The summed E-state index contributed by atoms with van der Waals surface area (Å²) in [7, 11) is 0. The second kappa shape index (κ2) is 13.9. The van der Waals surface area contributed by atoms with Crippen molar-refractivity contribution in [3.63, 3.8) is 0 Å². The summed E-state index contributed by atoms with van der Waals surface area (Å²) in [5.41, 5.74) is 4.25. The number of ether oxygens (including phenoxy) is 1. The molecule has 1 fully saturated rings. The molecule has 3 atom stereocenters. The van der Waals surface area contributed by atoms with Gasteiger partial charge in [-0.1, -0.05) is 37.1 Å². The average molecular weight is 382 g/mol. The minimum absolute atomic E-state index is 0.203. The van der Waals surface area contributed by atoms with Crippen molar-refractivity contribution >= 4 is 5.91 Å². The third-order valence-electron chi connectivity index (χ3n) is 5.30. The van der Waals surface area contributed by atoms with Gasteiger partial charge in [-0.05, 0) is 58.3 Å². The molecule has 1 saturated carbocycles. The van der Waals surface area contributed by atoms with E-state index in [1.54, 1.807) is 0 Å². The molecule has 5 heteroatoms. The van der Waals surface area contributed by atoms with E-state index in [2.05, 4.69) is 6.08 Å². The summed E-state index contributed by atoms with van der Waals surface area (Å²) in [5, 5.41) is 21.2. The Balaban J connectivity index is 2.29. The Kier molecular flexibility index (Phi) is 12.3. The first-order chi connectivity index (χ1) is 13.0. The standard InChI is InChI=1S/C22H39NO4/c1-2-27-18-12-8-4-3-5-9-13-19-20(24)15-17-22(19,26)16-11-7-6-10-14-21(23)25/h7,9,11,13,19-20,24,26H,2-6,8,10,12,14-18H2,1H3,(H2,23,25)/t19-,20+,22?/m1/s1. The van der Waals surface area contributed by atoms with Gasteiger partial charge in [-0.15, -0.1) is 0 Å². The first-order valence-electron chi connectivity index (χ1n) is 10.6. The smallest absolute Gasteiger partial charge is 0.217 e. The Morgan fingerprint density at radius 3 is 2.63 bits per heavy atom. The number of aliphatic hydroxyl groups excluding tert-OH is 1. The zero-order chi connectivity index (χ0) is 20.0. The molecule has 0 aliphatic heterocycles. The molecule has 1 unspecified atom stereocenters. The van der Waals surface area contributed by atoms with Gasteiger partial charge in [0.05, 0.1) is 11.7 Å². The van der Waals surface area contributed by atoms with Gasteiger partial charge in [0.15, 0.2) is 0 Å². The lowest BCUT2D eigenvalue weighted by Gasteiger charge is -2.28. The molecular weight excluding hydrogens is 342 g/mol. The highest BCUT2D eigenvalue weighted by molar-refractivity contribution is 5.73. The quantitative estimate of drug-likeness (QED) is 0.298. The molecule has 0 saturated heterocycles. The van der Waals surface area contributed by atoms with Gasteiger partial charge in [0, 0.05) is 25.6 Å². The van der Waals surface area contributed by atoms with Crippen molar-refractivity contribution in [1.29, 1.82) is 0 Å². The van der Waals surface area contributed by atoms with Gasteiger partial charge in [0.25, 0.3) is 0 Å². The molecule has 1 aliphatic carbocycles. The van der Waals surface area contributed by atoms with Crippen LogP contribution in [0.3, 0.4) is 0 Å². The zero-order valence-electron chi connectivity index (χ0n) is 16.9. The minimum Gasteiger partial charge on any atom is -0.392 e. The third-order valence-corrected chi connectivity index (χ3v) is 5.30. The van der Waals surface area contributed by atoms with E-state index in [1.807, 2.05) is 25.2 Å². The van der Waals surface area contributed by atoms with Crippen LogP contribution in [0.25, 0.3) is 0 Å². The fourth-order valence-corrected chi connectivity index (χ4v) is 3.65. The summed E-state index contributed by atoms with van der Waals surface area (Å²) < 4.78 is 5.33. The van der Waals surface area contributed by atoms with E-state index >= 15 is 0 Å². The van der Waals surface area contributed by atoms with Crippen LogP contribution in [0.2, 0.25) is 0 Å². The van der Waals surface area contributed by atoms with Crippen LogP contribution in [0.1, 0.15) is 77.6 Å². The maximum Gasteiger partial charge on any atom is 0.217 e. The number of primary amides is 1. The van der Waals surface area contributed by atoms with E-state index < -0.39 is 11.7 Å². The van der Waals surface area contributed by atoms with Gasteiger partial charge in [-0.25, -0.2) is 0 Å². The molecule has 0 bridgehead atoms. The molecule has 5 nitrogen and oxygen atoms in total. The maximum absolute atomic E-state index is 10.9. The fourth-order valence-electron chi connectivity index (χ4n) is 3.65. The number of allylic oxidation sites excluding steroid dienone is 2. The van der Waals surface area contributed by atoms with E-state index in [-0.39, 0.29) is 11.8 Å². The molecule has 0 aromatic rings. The number of aliphatic hydroxyl groups is 2. The van der Waals surface area contributed by atoms with Crippen molar-refractivity contribution in [2.75, 3.05) is 13.2 Å². The van der Waals surface area contributed by atoms with Crippen molar-refractivity contribution in [2.24, 2.45) is 11.7 Å². The number of hydrogen-bond acceptors (Lipinski definition) is 4. The van der Waals surface area contributed by atoms with Gasteiger partial charge < -0.3 is 20.7 Å². The molecule has 0 spiro atoms. The topological polar surface area (TPSA) is 92.8 Å². The molecule has 1 rings (SSSR count). The lowest BCUT2D eigenvalue weighted by Crippen LogP contribution is -2.35. The van der Waals surface area contributed by atoms with E-state index in [1.165, 1.54) is 12.8 Å². The van der Waals surface area contributed by atoms with Crippen LogP contribution < -0.4 is 5.73 Å². The van der Waals surface area contributed by atoms with Gasteiger partial charge in [-0.3, -0.25) is 4.79 Å². The lowest BCUT2D eigenvalue weighted by molar-refractivity contribution is -0.118. The number of unbranched alkanes of at least 4 members (excludes halogenated alkanes) is 5. The van der Waals surface area contributed by atoms with E-state index in [0.29, 0.717) is 25.7 Å². The largest absolute Gasteiger partial charge is 0.392 e. The highest BCUT2D eigenvalue weighted by atomic mass is 16.5. The Morgan fingerprint density at radius 2 is 1.89 bits per heavy atom. The van der Waals surface area contributed by atoms with Crippen molar-refractivity contribution in [3.8, 4) is 0 Å². The Bertz CT molecular complexity index is 463. The van der Waals surface area contributed by atoms with Gasteiger partial charge >= 0.3 is 0 Å². The molecule has 156 valence electrons. The lowest BCUT2D eigenvalue weighted by atomic mass is 9.86. The van der Waals surface area contributed by atoms with Crippen molar-refractivity contribution in [1.82, 2.24) is 0 Å². The second-order valence-electron chi connectivity index (χ2n) is 7.60. The average Bonchev–Trinajstić information content (AvgIpc) is 2.91. The van der Waals surface area contributed by atoms with Crippen LogP contribution in [-0.2, 0) is 9.53 Å². The Labute approximate surface area is 164 Å². The molecule has 1 aliphatic rings. The second-order valence-corrected chi connectivity index (χ2v) is 7.60. The molecule has 4 N–H and O–H groups in total. The first kappa shape index (κ1) is 23.9. The minimum atomic E-state index is -0.867. The molecule has 1 amide bonds. The monoisotopic (exact) mass is 381 g/mol. The molecule has 0 aromatic carbocycles. The van der Waals surface area contributed by atoms with Gasteiger partial charge in [-0.2, -0.15) is 0 Å². The fraction of sp³-hybridized carbons (Fsp3) is 0.773. The predicted octanol–water partition coefficient (Wildman–Crippen LogP) is 3.63. The van der Waals surface area contributed by atoms with Crippen LogP contribution in [-0.4, -0.2) is 41.0 Å². The summed E-state index contributed by atoms with van der Waals surface area (Å²) in [6.07, 6.45) is 16.9. The van der Waals surface area contributed by atoms with Crippen LogP contribution in [0.5, 0.6) is 0 Å². The van der Waals surface area contributed by atoms with Gasteiger partial charge in [0.1, 0.15) is 0 Å². The molecule has 0 aromatic heterocycles. The summed E-state index contributed by atoms with van der Waals surface area (Å²) >= 11 is 0. The number of hydrogen-bond donors (Lipinski definition) is 3. The van der Waals surface area contributed by atoms with E-state index in [4.69, 9.17) is 10.5 Å². The Morgan fingerprint density at radius 1 is 1.15 bits per heavy atom. The SMILES string of the molecule is CCOCCCCCCC=C[C@@H]1[C@@H](O)CCC1(O)CC=CCCCC(N)=O. The zero-order valence-corrected chi connectivity index (χ0v) is 16.9. The molecule has 0 radical (unpaired) electrons. The van der Waals surface area contributed by atoms with Crippen molar-refractivity contribution in [3.05, 3.63) is 24.3 Å². The molecule has 27 heavy (non-hydrogen) atoms. The third kappa shape index (κ3) is 10.1. The van der Waals surface area contributed by atoms with E-state index in [9.17, 15) is 15.0 Å². The summed E-state index contributed by atoms with van der Waals surface area (Å²) in [5.74, 6) is -0.480. The van der Waals surface area contributed by atoms with Crippen LogP contribution >= 0.6 is 0 Å². The molecule has 0 heterocycles. The van der Waals surface area contributed by atoms with E-state index in [0.717, 1.165) is 45.3 Å². The van der Waals surface area contributed by atoms with Crippen molar-refractivity contribution < 1.29 is 19.7 Å².